The summed E-state index contributed by atoms with van der Waals surface area (Å²) in [5.41, 5.74) is 8.07. The Hall–Kier alpha value is -2.28. The van der Waals surface area contributed by atoms with Crippen LogP contribution in [0.2, 0.25) is 0 Å². The van der Waals surface area contributed by atoms with Crippen LogP contribution in [-0.2, 0) is 6.42 Å². The van der Waals surface area contributed by atoms with Crippen LogP contribution in [0.1, 0.15) is 31.0 Å². The van der Waals surface area contributed by atoms with Crippen molar-refractivity contribution in [2.75, 3.05) is 6.54 Å². The largest absolute Gasteiger partial charge is 0.385 e. The first-order chi connectivity index (χ1) is 9.52. The van der Waals surface area contributed by atoms with Gasteiger partial charge in [0.15, 0.2) is 0 Å². The summed E-state index contributed by atoms with van der Waals surface area (Å²) in [5, 5.41) is 0. The Morgan fingerprint density at radius 1 is 1.40 bits per heavy atom. The number of nitrogens with zero attached hydrogens (tertiary/aromatic N) is 2. The molecule has 0 aromatic heterocycles. The van der Waals surface area contributed by atoms with E-state index in [1.54, 1.807) is 0 Å². The first-order valence-electron chi connectivity index (χ1n) is 6.70. The smallest absolute Gasteiger partial charge is 0.346 e. The van der Waals surface area contributed by atoms with Gasteiger partial charge in [-0.1, -0.05) is 44.0 Å². The van der Waals surface area contributed by atoms with Gasteiger partial charge in [0.25, 0.3) is 0 Å². The second-order valence-corrected chi connectivity index (χ2v) is 5.39. The van der Waals surface area contributed by atoms with E-state index in [4.69, 9.17) is 12.2 Å². The number of amides is 2. The molecule has 0 fully saturated rings. The average Bonchev–Trinajstić information content (AvgIpc) is 2.65. The highest BCUT2D eigenvalue weighted by Crippen LogP contribution is 2.27. The Kier molecular flexibility index (Phi) is 4.09. The van der Waals surface area contributed by atoms with Gasteiger partial charge in [0.2, 0.25) is 0 Å². The van der Waals surface area contributed by atoms with E-state index in [9.17, 15) is 4.79 Å². The zero-order valence-corrected chi connectivity index (χ0v) is 11.8. The number of carbonyl (C=O) groups is 1. The summed E-state index contributed by atoms with van der Waals surface area (Å²) in [4.78, 5) is 17.0. The highest BCUT2D eigenvalue weighted by atomic mass is 16.2. The summed E-state index contributed by atoms with van der Waals surface area (Å²) < 4.78 is 0. The van der Waals surface area contributed by atoms with Gasteiger partial charge in [0.1, 0.15) is 11.9 Å². The molecule has 2 N–H and O–H groups in total. The second-order valence-electron chi connectivity index (χ2n) is 5.39. The van der Waals surface area contributed by atoms with E-state index < -0.39 is 0 Å². The third kappa shape index (κ3) is 2.83. The number of benzene rings is 1. The molecule has 0 radical (unpaired) electrons. The minimum atomic E-state index is -0.364. The van der Waals surface area contributed by atoms with Crippen molar-refractivity contribution in [1.82, 2.24) is 4.90 Å². The molecule has 1 aromatic carbocycles. The summed E-state index contributed by atoms with van der Waals surface area (Å²) in [6.07, 6.45) is 6.33. The summed E-state index contributed by atoms with van der Waals surface area (Å²) in [5.74, 6) is 3.39. The van der Waals surface area contributed by atoms with E-state index >= 15 is 0 Å². The lowest BCUT2D eigenvalue weighted by Gasteiger charge is -2.22. The number of hydrogen-bond acceptors (Lipinski definition) is 2. The van der Waals surface area contributed by atoms with Gasteiger partial charge >= 0.3 is 6.03 Å². The van der Waals surface area contributed by atoms with Crippen LogP contribution in [0.4, 0.5) is 4.79 Å². The van der Waals surface area contributed by atoms with Gasteiger partial charge in [-0.25, -0.2) is 4.79 Å². The number of terminal acetylenes is 1. The molecule has 1 aliphatic heterocycles. The van der Waals surface area contributed by atoms with E-state index in [1.807, 2.05) is 12.1 Å². The first kappa shape index (κ1) is 14.1. The fraction of sp³-hybridized carbons (Fsp3) is 0.375. The maximum atomic E-state index is 11.7. The van der Waals surface area contributed by atoms with Crippen LogP contribution < -0.4 is 5.73 Å². The van der Waals surface area contributed by atoms with Crippen LogP contribution in [0.3, 0.4) is 0 Å². The average molecular weight is 269 g/mol. The molecule has 104 valence electrons. The summed E-state index contributed by atoms with van der Waals surface area (Å²) in [7, 11) is 0. The van der Waals surface area contributed by atoms with Crippen LogP contribution in [0.25, 0.3) is 0 Å². The monoisotopic (exact) mass is 269 g/mol. The number of hydrogen-bond donors (Lipinski definition) is 1. The molecular formula is C16H19N3O. The van der Waals surface area contributed by atoms with E-state index in [1.165, 1.54) is 10.5 Å². The van der Waals surface area contributed by atoms with Gasteiger partial charge in [0.05, 0.1) is 6.54 Å². The van der Waals surface area contributed by atoms with E-state index in [-0.39, 0.29) is 18.6 Å². The Labute approximate surface area is 119 Å². The van der Waals surface area contributed by atoms with Gasteiger partial charge in [-0.15, -0.1) is 6.42 Å². The fourth-order valence-electron chi connectivity index (χ4n) is 2.42. The third-order valence-corrected chi connectivity index (χ3v) is 3.26. The molecule has 2 amide bonds. The molecule has 1 aromatic rings. The molecule has 4 nitrogen and oxygen atoms in total. The molecule has 20 heavy (non-hydrogen) atoms. The zero-order valence-electron chi connectivity index (χ0n) is 11.8. The topological polar surface area (TPSA) is 58.7 Å². The quantitative estimate of drug-likeness (QED) is 0.853. The molecular weight excluding hydrogens is 250 g/mol. The summed E-state index contributed by atoms with van der Waals surface area (Å²) in [6, 6.07) is 7.42. The predicted octanol–water partition coefficient (Wildman–Crippen LogP) is 2.35. The highest BCUT2D eigenvalue weighted by molar-refractivity contribution is 6.03. The molecule has 0 spiro atoms. The van der Waals surface area contributed by atoms with Crippen molar-refractivity contribution in [2.24, 2.45) is 16.6 Å². The van der Waals surface area contributed by atoms with Crippen molar-refractivity contribution >= 4 is 11.9 Å². The molecule has 0 saturated heterocycles. The number of aliphatic imine (C=N–C) groups is 1. The third-order valence-electron chi connectivity index (χ3n) is 3.26. The molecule has 4 heteroatoms. The predicted molar refractivity (Wildman–Crippen MR) is 80.3 cm³/mol. The van der Waals surface area contributed by atoms with E-state index in [2.05, 4.69) is 36.9 Å². The Morgan fingerprint density at radius 2 is 2.05 bits per heavy atom. The van der Waals surface area contributed by atoms with Crippen LogP contribution in [0.5, 0.6) is 0 Å². The van der Waals surface area contributed by atoms with Crippen molar-refractivity contribution in [1.29, 1.82) is 0 Å². The van der Waals surface area contributed by atoms with Crippen LogP contribution >= 0.6 is 0 Å². The Balaban J connectivity index is 2.24. The SMILES string of the molecule is C#CCN1C(=O)N=C(N)C1c1ccc(CC(C)C)cc1. The van der Waals surface area contributed by atoms with Gasteiger partial charge in [0, 0.05) is 0 Å². The van der Waals surface area contributed by atoms with Crippen molar-refractivity contribution in [3.05, 3.63) is 35.4 Å². The van der Waals surface area contributed by atoms with Crippen LogP contribution in [-0.4, -0.2) is 23.3 Å². The molecule has 1 unspecified atom stereocenters. The van der Waals surface area contributed by atoms with Crippen molar-refractivity contribution in [2.45, 2.75) is 26.3 Å². The molecule has 1 atom stereocenters. The molecule has 0 bridgehead atoms. The lowest BCUT2D eigenvalue weighted by Crippen LogP contribution is -2.33. The maximum Gasteiger partial charge on any atom is 0.346 e. The number of rotatable bonds is 4. The number of urea groups is 1. The molecule has 1 aliphatic rings. The van der Waals surface area contributed by atoms with E-state index in [0.717, 1.165) is 12.0 Å². The molecule has 1 heterocycles. The lowest BCUT2D eigenvalue weighted by molar-refractivity contribution is 0.213. The molecule has 2 rings (SSSR count). The zero-order chi connectivity index (χ0) is 14.7. The number of carbonyl (C=O) groups excluding carboxylic acids is 1. The normalized spacial score (nSPS) is 18.3. The van der Waals surface area contributed by atoms with Crippen molar-refractivity contribution in [3.63, 3.8) is 0 Å². The van der Waals surface area contributed by atoms with Gasteiger partial charge in [-0.3, -0.25) is 4.90 Å². The standard InChI is InChI=1S/C16H19N3O/c1-4-9-19-14(15(17)18-16(19)20)13-7-5-12(6-8-13)10-11(2)3/h1,5-8,11,14H,9-10H2,2-3H3,(H2,17,18,20). The molecule has 0 saturated carbocycles. The second kappa shape index (κ2) is 5.79. The maximum absolute atomic E-state index is 11.7. The number of amidine groups is 1. The fourth-order valence-corrected chi connectivity index (χ4v) is 2.42. The highest BCUT2D eigenvalue weighted by Gasteiger charge is 2.33. The number of nitrogens with two attached hydrogens (primary N) is 1. The van der Waals surface area contributed by atoms with Crippen molar-refractivity contribution < 1.29 is 4.79 Å². The van der Waals surface area contributed by atoms with E-state index in [0.29, 0.717) is 11.8 Å². The minimum Gasteiger partial charge on any atom is -0.385 e. The Morgan fingerprint density at radius 3 is 2.60 bits per heavy atom. The van der Waals surface area contributed by atoms with Gasteiger partial charge < -0.3 is 5.73 Å². The van der Waals surface area contributed by atoms with Crippen LogP contribution in [0.15, 0.2) is 29.3 Å². The first-order valence-corrected chi connectivity index (χ1v) is 6.70. The molecule has 0 aliphatic carbocycles. The summed E-state index contributed by atoms with van der Waals surface area (Å²) in [6.45, 7) is 4.58. The summed E-state index contributed by atoms with van der Waals surface area (Å²) >= 11 is 0. The van der Waals surface area contributed by atoms with Crippen molar-refractivity contribution in [3.8, 4) is 12.3 Å². The van der Waals surface area contributed by atoms with Crippen LogP contribution in [0, 0.1) is 18.3 Å². The lowest BCUT2D eigenvalue weighted by atomic mass is 9.99. The minimum absolute atomic E-state index is 0.210. The van der Waals surface area contributed by atoms with Gasteiger partial charge in [-0.05, 0) is 23.5 Å². The van der Waals surface area contributed by atoms with Gasteiger partial charge in [-0.2, -0.15) is 4.99 Å². The Bertz CT molecular complexity index is 566.